The van der Waals surface area contributed by atoms with Gasteiger partial charge < -0.3 is 10.3 Å². The van der Waals surface area contributed by atoms with Gasteiger partial charge in [0, 0.05) is 5.92 Å². The van der Waals surface area contributed by atoms with E-state index in [1.807, 2.05) is 13.0 Å². The Morgan fingerprint density at radius 3 is 2.81 bits per heavy atom. The fourth-order valence-electron chi connectivity index (χ4n) is 2.52. The Morgan fingerprint density at radius 1 is 1.43 bits per heavy atom. The summed E-state index contributed by atoms with van der Waals surface area (Å²) in [7, 11) is 0. The molecule has 1 aliphatic rings. The average Bonchev–Trinajstić information content (AvgIpc) is 2.86. The van der Waals surface area contributed by atoms with Gasteiger partial charge >= 0.3 is 0 Å². The molecule has 0 amide bonds. The lowest BCUT2D eigenvalue weighted by Gasteiger charge is -2.34. The maximum absolute atomic E-state index is 13.2. The summed E-state index contributed by atoms with van der Waals surface area (Å²) in [5.74, 6) is 0.990. The summed E-state index contributed by atoms with van der Waals surface area (Å²) in [5.41, 5.74) is 6.69. The molecular formula is C15H19ClFN3O. The van der Waals surface area contributed by atoms with Gasteiger partial charge in [-0.05, 0) is 43.4 Å². The summed E-state index contributed by atoms with van der Waals surface area (Å²) < 4.78 is 18.5. The van der Waals surface area contributed by atoms with Gasteiger partial charge in [-0.15, -0.1) is 12.4 Å². The van der Waals surface area contributed by atoms with Gasteiger partial charge in [0.2, 0.25) is 5.89 Å². The molecule has 2 aromatic rings. The van der Waals surface area contributed by atoms with Crippen LogP contribution in [0.1, 0.15) is 49.4 Å². The Kier molecular flexibility index (Phi) is 4.64. The molecular weight excluding hydrogens is 293 g/mol. The second-order valence-corrected chi connectivity index (χ2v) is 5.70. The van der Waals surface area contributed by atoms with Gasteiger partial charge in [0.25, 0.3) is 0 Å². The minimum atomic E-state index is -0.402. The molecule has 0 aliphatic heterocycles. The fraction of sp³-hybridized carbons (Fsp3) is 0.467. The van der Waals surface area contributed by atoms with Crippen LogP contribution in [0.15, 0.2) is 28.8 Å². The number of aromatic nitrogens is 2. The topological polar surface area (TPSA) is 64.9 Å². The molecule has 114 valence electrons. The van der Waals surface area contributed by atoms with E-state index >= 15 is 0 Å². The van der Waals surface area contributed by atoms with E-state index in [4.69, 9.17) is 10.3 Å². The van der Waals surface area contributed by atoms with Gasteiger partial charge in [-0.3, -0.25) is 0 Å². The van der Waals surface area contributed by atoms with Gasteiger partial charge in [0.05, 0.1) is 5.54 Å². The molecule has 6 heteroatoms. The number of benzene rings is 1. The van der Waals surface area contributed by atoms with Crippen molar-refractivity contribution in [1.82, 2.24) is 10.1 Å². The Labute approximate surface area is 129 Å². The lowest BCUT2D eigenvalue weighted by molar-refractivity contribution is 0.228. The summed E-state index contributed by atoms with van der Waals surface area (Å²) in [6, 6.07) is 6.57. The smallest absolute Gasteiger partial charge is 0.229 e. The first kappa shape index (κ1) is 15.9. The van der Waals surface area contributed by atoms with Crippen LogP contribution in [0, 0.1) is 5.82 Å². The number of nitrogens with two attached hydrogens (primary N) is 1. The zero-order chi connectivity index (χ0) is 14.2. The van der Waals surface area contributed by atoms with E-state index in [1.54, 1.807) is 6.07 Å². The molecule has 2 N–H and O–H groups in total. The fourth-order valence-corrected chi connectivity index (χ4v) is 2.52. The third-order valence-corrected chi connectivity index (χ3v) is 3.99. The quantitative estimate of drug-likeness (QED) is 0.940. The zero-order valence-electron chi connectivity index (χ0n) is 11.9. The van der Waals surface area contributed by atoms with Crippen LogP contribution >= 0.6 is 12.4 Å². The molecule has 1 aliphatic carbocycles. The highest BCUT2D eigenvalue weighted by Gasteiger charge is 2.39. The normalized spacial score (nSPS) is 17.7. The van der Waals surface area contributed by atoms with Crippen LogP contribution in [0.2, 0.25) is 0 Å². The highest BCUT2D eigenvalue weighted by molar-refractivity contribution is 5.85. The molecule has 1 aromatic carbocycles. The first-order valence-electron chi connectivity index (χ1n) is 6.94. The first-order chi connectivity index (χ1) is 9.57. The van der Waals surface area contributed by atoms with E-state index in [0.29, 0.717) is 18.1 Å². The lowest BCUT2D eigenvalue weighted by Crippen LogP contribution is -2.44. The van der Waals surface area contributed by atoms with Crippen molar-refractivity contribution >= 4 is 12.4 Å². The van der Waals surface area contributed by atoms with Gasteiger partial charge in [-0.25, -0.2) is 4.39 Å². The van der Waals surface area contributed by atoms with E-state index in [0.717, 1.165) is 24.8 Å². The SMILES string of the molecule is CC(Cc1cccc(F)c1)c1nc(C2(N)CCC2)no1.Cl. The molecule has 0 bridgehead atoms. The molecule has 0 spiro atoms. The Bertz CT molecular complexity index is 612. The van der Waals surface area contributed by atoms with Crippen molar-refractivity contribution < 1.29 is 8.91 Å². The first-order valence-corrected chi connectivity index (χ1v) is 6.94. The summed E-state index contributed by atoms with van der Waals surface area (Å²) >= 11 is 0. The van der Waals surface area contributed by atoms with E-state index in [2.05, 4.69) is 10.1 Å². The van der Waals surface area contributed by atoms with Crippen molar-refractivity contribution in [2.45, 2.75) is 44.1 Å². The molecule has 4 nitrogen and oxygen atoms in total. The van der Waals surface area contributed by atoms with Crippen molar-refractivity contribution in [3.05, 3.63) is 47.4 Å². The molecule has 1 fully saturated rings. The Morgan fingerprint density at radius 2 is 2.19 bits per heavy atom. The lowest BCUT2D eigenvalue weighted by atomic mass is 9.77. The van der Waals surface area contributed by atoms with E-state index in [1.165, 1.54) is 12.1 Å². The number of rotatable bonds is 4. The highest BCUT2D eigenvalue weighted by atomic mass is 35.5. The van der Waals surface area contributed by atoms with Crippen LogP contribution in [0.3, 0.4) is 0 Å². The van der Waals surface area contributed by atoms with Crippen molar-refractivity contribution in [2.75, 3.05) is 0 Å². The van der Waals surface area contributed by atoms with Gasteiger partial charge in [-0.2, -0.15) is 4.98 Å². The van der Waals surface area contributed by atoms with Crippen molar-refractivity contribution in [3.63, 3.8) is 0 Å². The summed E-state index contributed by atoms with van der Waals surface area (Å²) in [5, 5.41) is 4.01. The van der Waals surface area contributed by atoms with Gasteiger partial charge in [0.15, 0.2) is 5.82 Å². The van der Waals surface area contributed by atoms with Crippen molar-refractivity contribution in [2.24, 2.45) is 5.73 Å². The average molecular weight is 312 g/mol. The molecule has 21 heavy (non-hydrogen) atoms. The van der Waals surface area contributed by atoms with Gasteiger partial charge in [-0.1, -0.05) is 24.2 Å². The van der Waals surface area contributed by atoms with Crippen LogP contribution in [0.5, 0.6) is 0 Å². The van der Waals surface area contributed by atoms with Crippen LogP contribution in [-0.4, -0.2) is 10.1 Å². The molecule has 1 saturated carbocycles. The molecule has 1 unspecified atom stereocenters. The van der Waals surface area contributed by atoms with Crippen LogP contribution < -0.4 is 5.73 Å². The summed E-state index contributed by atoms with van der Waals surface area (Å²) in [6.45, 7) is 1.99. The number of hydrogen-bond donors (Lipinski definition) is 1. The van der Waals surface area contributed by atoms with Gasteiger partial charge in [0.1, 0.15) is 5.82 Å². The minimum absolute atomic E-state index is 0. The molecule has 1 aromatic heterocycles. The van der Waals surface area contributed by atoms with E-state index in [9.17, 15) is 4.39 Å². The van der Waals surface area contributed by atoms with Crippen LogP contribution in [0.25, 0.3) is 0 Å². The number of nitrogens with zero attached hydrogens (tertiary/aromatic N) is 2. The predicted octanol–water partition coefficient (Wildman–Crippen LogP) is 3.31. The zero-order valence-corrected chi connectivity index (χ0v) is 12.7. The molecule has 1 heterocycles. The molecule has 0 radical (unpaired) electrons. The summed E-state index contributed by atoms with van der Waals surface area (Å²) in [6.07, 6.45) is 3.59. The second-order valence-electron chi connectivity index (χ2n) is 5.70. The largest absolute Gasteiger partial charge is 0.339 e. The Balaban J connectivity index is 0.00000161. The van der Waals surface area contributed by atoms with Crippen LogP contribution in [0.4, 0.5) is 4.39 Å². The summed E-state index contributed by atoms with van der Waals surface area (Å²) in [4.78, 5) is 4.43. The Hall–Kier alpha value is -1.46. The van der Waals surface area contributed by atoms with E-state index < -0.39 is 5.54 Å². The minimum Gasteiger partial charge on any atom is -0.339 e. The predicted molar refractivity (Wildman–Crippen MR) is 79.8 cm³/mol. The number of halogens is 2. The van der Waals surface area contributed by atoms with Crippen molar-refractivity contribution in [3.8, 4) is 0 Å². The van der Waals surface area contributed by atoms with E-state index in [-0.39, 0.29) is 24.1 Å². The monoisotopic (exact) mass is 311 g/mol. The maximum atomic E-state index is 13.2. The molecule has 3 rings (SSSR count). The van der Waals surface area contributed by atoms with Crippen LogP contribution in [-0.2, 0) is 12.0 Å². The highest BCUT2D eigenvalue weighted by Crippen LogP contribution is 2.37. The molecule has 0 saturated heterocycles. The standard InChI is InChI=1S/C15H18FN3O.ClH/c1-10(8-11-4-2-5-12(16)9-11)13-18-14(19-20-13)15(17)6-3-7-15;/h2,4-5,9-10H,3,6-8,17H2,1H3;1H. The molecule has 1 atom stereocenters. The maximum Gasteiger partial charge on any atom is 0.229 e. The van der Waals surface area contributed by atoms with Crippen molar-refractivity contribution in [1.29, 1.82) is 0 Å². The second kappa shape index (κ2) is 6.12. The third-order valence-electron chi connectivity index (χ3n) is 3.99. The third kappa shape index (κ3) is 3.24. The number of hydrogen-bond acceptors (Lipinski definition) is 4.